The summed E-state index contributed by atoms with van der Waals surface area (Å²) >= 11 is 0. The van der Waals surface area contributed by atoms with Gasteiger partial charge in [-0.3, -0.25) is 4.57 Å². The molecular formula is C43H28N4. The Hall–Kier alpha value is -6.39. The molecule has 0 saturated heterocycles. The van der Waals surface area contributed by atoms with Crippen LogP contribution in [0.1, 0.15) is 0 Å². The van der Waals surface area contributed by atoms with Crippen molar-refractivity contribution in [1.29, 1.82) is 0 Å². The van der Waals surface area contributed by atoms with Gasteiger partial charge in [0.05, 0.1) is 22.2 Å². The number of rotatable bonds is 5. The van der Waals surface area contributed by atoms with E-state index in [2.05, 4.69) is 144 Å². The molecular weight excluding hydrogens is 573 g/mol. The Morgan fingerprint density at radius 3 is 1.85 bits per heavy atom. The average molecular weight is 601 g/mol. The van der Waals surface area contributed by atoms with Crippen LogP contribution >= 0.6 is 0 Å². The molecule has 0 aliphatic rings. The van der Waals surface area contributed by atoms with Gasteiger partial charge in [-0.2, -0.15) is 0 Å². The normalized spacial score (nSPS) is 11.4. The van der Waals surface area contributed by atoms with Crippen LogP contribution in [-0.4, -0.2) is 19.5 Å². The highest BCUT2D eigenvalue weighted by molar-refractivity contribution is 6.07. The van der Waals surface area contributed by atoms with Crippen molar-refractivity contribution in [1.82, 2.24) is 19.5 Å². The second-order valence-corrected chi connectivity index (χ2v) is 11.7. The van der Waals surface area contributed by atoms with Crippen LogP contribution in [-0.2, 0) is 0 Å². The summed E-state index contributed by atoms with van der Waals surface area (Å²) in [5.74, 6) is 0.815. The minimum absolute atomic E-state index is 0.795. The van der Waals surface area contributed by atoms with Gasteiger partial charge >= 0.3 is 0 Å². The van der Waals surface area contributed by atoms with E-state index in [-0.39, 0.29) is 0 Å². The highest BCUT2D eigenvalue weighted by Crippen LogP contribution is 2.36. The first-order chi connectivity index (χ1) is 23.3. The fraction of sp³-hybridized carbons (Fsp3) is 0. The SMILES string of the molecule is c1ccc(-c2cccc(-n3c4ccccc4c4nc5cc(-c6cccc(-c7ccccc7-c7ccccc7)c6)ccc5nc43)n2)cc1. The summed E-state index contributed by atoms with van der Waals surface area (Å²) in [4.78, 5) is 15.5. The van der Waals surface area contributed by atoms with E-state index in [9.17, 15) is 0 Å². The van der Waals surface area contributed by atoms with E-state index in [1.54, 1.807) is 0 Å². The molecule has 0 amide bonds. The topological polar surface area (TPSA) is 43.6 Å². The molecule has 6 aromatic carbocycles. The maximum Gasteiger partial charge on any atom is 0.166 e. The van der Waals surface area contributed by atoms with E-state index >= 15 is 0 Å². The van der Waals surface area contributed by atoms with Crippen molar-refractivity contribution in [2.45, 2.75) is 0 Å². The fourth-order valence-electron chi connectivity index (χ4n) is 6.56. The number of hydrogen-bond donors (Lipinski definition) is 0. The molecule has 0 fully saturated rings. The number of pyridine rings is 1. The van der Waals surface area contributed by atoms with Crippen LogP contribution in [0.3, 0.4) is 0 Å². The van der Waals surface area contributed by atoms with Crippen LogP contribution in [0.5, 0.6) is 0 Å². The number of nitrogens with zero attached hydrogens (tertiary/aromatic N) is 4. The predicted octanol–water partition coefficient (Wildman–Crippen LogP) is 10.8. The number of para-hydroxylation sites is 1. The van der Waals surface area contributed by atoms with Gasteiger partial charge in [0.15, 0.2) is 5.65 Å². The highest BCUT2D eigenvalue weighted by atomic mass is 15.1. The number of aromatic nitrogens is 4. The second-order valence-electron chi connectivity index (χ2n) is 11.7. The van der Waals surface area contributed by atoms with E-state index < -0.39 is 0 Å². The van der Waals surface area contributed by atoms with Gasteiger partial charge in [0.1, 0.15) is 11.3 Å². The Morgan fingerprint density at radius 1 is 0.383 bits per heavy atom. The molecule has 0 aliphatic heterocycles. The van der Waals surface area contributed by atoms with Gasteiger partial charge in [-0.1, -0.05) is 133 Å². The zero-order valence-electron chi connectivity index (χ0n) is 25.5. The smallest absolute Gasteiger partial charge is 0.166 e. The van der Waals surface area contributed by atoms with Gasteiger partial charge < -0.3 is 0 Å². The van der Waals surface area contributed by atoms with Crippen LogP contribution < -0.4 is 0 Å². The summed E-state index contributed by atoms with van der Waals surface area (Å²) in [6, 6.07) is 59.1. The van der Waals surface area contributed by atoms with Crippen LogP contribution in [0.4, 0.5) is 0 Å². The molecule has 4 nitrogen and oxygen atoms in total. The molecule has 3 heterocycles. The van der Waals surface area contributed by atoms with Gasteiger partial charge in [0, 0.05) is 10.9 Å². The Labute approximate surface area is 272 Å². The van der Waals surface area contributed by atoms with Crippen molar-refractivity contribution >= 4 is 33.1 Å². The van der Waals surface area contributed by atoms with Gasteiger partial charge in [0.2, 0.25) is 0 Å². The van der Waals surface area contributed by atoms with E-state index in [0.29, 0.717) is 0 Å². The third-order valence-corrected chi connectivity index (χ3v) is 8.81. The lowest BCUT2D eigenvalue weighted by molar-refractivity contribution is 1.06. The van der Waals surface area contributed by atoms with E-state index in [4.69, 9.17) is 15.0 Å². The minimum Gasteiger partial charge on any atom is -0.276 e. The molecule has 0 N–H and O–H groups in total. The first kappa shape index (κ1) is 27.0. The third kappa shape index (κ3) is 4.75. The van der Waals surface area contributed by atoms with Crippen molar-refractivity contribution in [3.8, 4) is 50.5 Å². The van der Waals surface area contributed by atoms with Crippen molar-refractivity contribution in [3.63, 3.8) is 0 Å². The lowest BCUT2D eigenvalue weighted by atomic mass is 9.92. The molecule has 0 aliphatic carbocycles. The summed E-state index contributed by atoms with van der Waals surface area (Å²) in [6.07, 6.45) is 0. The fourth-order valence-corrected chi connectivity index (χ4v) is 6.56. The standard InChI is InChI=1S/C43H28N4/c1-3-13-29(14-4-1)34-19-7-8-20-35(34)33-18-11-17-31(27-33)32-25-26-38-39(28-32)45-42-36-21-9-10-23-40(36)47(43(42)46-38)41-24-12-22-37(44-41)30-15-5-2-6-16-30/h1-28H. The molecule has 0 radical (unpaired) electrons. The zero-order valence-corrected chi connectivity index (χ0v) is 25.5. The molecule has 0 spiro atoms. The summed E-state index contributed by atoms with van der Waals surface area (Å²) in [5.41, 5.74) is 13.4. The van der Waals surface area contributed by atoms with Crippen molar-refractivity contribution in [2.24, 2.45) is 0 Å². The van der Waals surface area contributed by atoms with Crippen LogP contribution in [0.15, 0.2) is 170 Å². The number of hydrogen-bond acceptors (Lipinski definition) is 3. The van der Waals surface area contributed by atoms with Crippen molar-refractivity contribution in [2.75, 3.05) is 0 Å². The lowest BCUT2D eigenvalue weighted by Gasteiger charge is -2.12. The molecule has 4 heteroatoms. The molecule has 9 aromatic rings. The number of benzene rings is 6. The second kappa shape index (κ2) is 11.2. The molecule has 0 bridgehead atoms. The first-order valence-electron chi connectivity index (χ1n) is 15.8. The molecule has 0 atom stereocenters. The van der Waals surface area contributed by atoms with Crippen molar-refractivity contribution in [3.05, 3.63) is 170 Å². The minimum atomic E-state index is 0.795. The Bertz CT molecular complexity index is 2570. The van der Waals surface area contributed by atoms with E-state index in [1.165, 1.54) is 22.3 Å². The van der Waals surface area contributed by atoms with E-state index in [0.717, 1.165) is 61.3 Å². The van der Waals surface area contributed by atoms with Gasteiger partial charge in [-0.25, -0.2) is 15.0 Å². The lowest BCUT2D eigenvalue weighted by Crippen LogP contribution is -2.00. The monoisotopic (exact) mass is 600 g/mol. The Balaban J connectivity index is 1.17. The van der Waals surface area contributed by atoms with Gasteiger partial charge in [-0.15, -0.1) is 0 Å². The first-order valence-corrected chi connectivity index (χ1v) is 15.8. The summed E-state index contributed by atoms with van der Waals surface area (Å²) in [7, 11) is 0. The highest BCUT2D eigenvalue weighted by Gasteiger charge is 2.17. The van der Waals surface area contributed by atoms with Crippen LogP contribution in [0.2, 0.25) is 0 Å². The van der Waals surface area contributed by atoms with Crippen molar-refractivity contribution < 1.29 is 0 Å². The quantitative estimate of drug-likeness (QED) is 0.197. The maximum atomic E-state index is 5.24. The zero-order chi connectivity index (χ0) is 31.2. The maximum absolute atomic E-state index is 5.24. The summed E-state index contributed by atoms with van der Waals surface area (Å²) in [6.45, 7) is 0. The Kier molecular flexibility index (Phi) is 6.43. The van der Waals surface area contributed by atoms with Crippen LogP contribution in [0, 0.1) is 0 Å². The predicted molar refractivity (Wildman–Crippen MR) is 193 cm³/mol. The molecule has 3 aromatic heterocycles. The van der Waals surface area contributed by atoms with Gasteiger partial charge in [0.25, 0.3) is 0 Å². The molecule has 9 rings (SSSR count). The van der Waals surface area contributed by atoms with Crippen LogP contribution in [0.25, 0.3) is 83.6 Å². The number of fused-ring (bicyclic) bond motifs is 4. The Morgan fingerprint density at radius 2 is 1.02 bits per heavy atom. The molecule has 0 saturated carbocycles. The summed E-state index contributed by atoms with van der Waals surface area (Å²) < 4.78 is 2.13. The summed E-state index contributed by atoms with van der Waals surface area (Å²) in [5, 5.41) is 1.05. The molecule has 220 valence electrons. The largest absolute Gasteiger partial charge is 0.276 e. The molecule has 0 unspecified atom stereocenters. The average Bonchev–Trinajstić information content (AvgIpc) is 3.47. The van der Waals surface area contributed by atoms with E-state index in [1.807, 2.05) is 30.3 Å². The third-order valence-electron chi connectivity index (χ3n) is 8.81. The molecule has 47 heavy (non-hydrogen) atoms. The van der Waals surface area contributed by atoms with Gasteiger partial charge in [-0.05, 0) is 69.8 Å².